The first-order chi connectivity index (χ1) is 12.1. The van der Waals surface area contributed by atoms with Crippen molar-refractivity contribution in [3.8, 4) is 0 Å². The first kappa shape index (κ1) is 21.0. The lowest BCUT2D eigenvalue weighted by molar-refractivity contribution is -0.283. The van der Waals surface area contributed by atoms with Gasteiger partial charge in [-0.2, -0.15) is 35.1 Å². The van der Waals surface area contributed by atoms with Gasteiger partial charge in [-0.15, -0.1) is 0 Å². The predicted molar refractivity (Wildman–Crippen MR) is 78.9 cm³/mol. The molecule has 0 aliphatic carbocycles. The molecule has 0 atom stereocenters. The first-order valence-corrected chi connectivity index (χ1v) is 7.35. The van der Waals surface area contributed by atoms with Crippen LogP contribution in [0.2, 0.25) is 0 Å². The van der Waals surface area contributed by atoms with E-state index < -0.39 is 53.7 Å². The molecular weight excluding hydrogens is 412 g/mol. The van der Waals surface area contributed by atoms with Crippen molar-refractivity contribution in [2.24, 2.45) is 0 Å². The molecule has 0 saturated carbocycles. The Morgan fingerprint density at radius 2 is 1.41 bits per heavy atom. The molecule has 0 unspecified atom stereocenters. The number of carbonyl (C=O) groups is 2. The second kappa shape index (κ2) is 6.69. The fourth-order valence-corrected chi connectivity index (χ4v) is 2.51. The highest BCUT2D eigenvalue weighted by Gasteiger charge is 2.59. The van der Waals surface area contributed by atoms with Crippen LogP contribution in [0.5, 0.6) is 0 Å². The van der Waals surface area contributed by atoms with Crippen molar-refractivity contribution in [2.45, 2.75) is 24.7 Å². The molecule has 0 bridgehead atoms. The van der Waals surface area contributed by atoms with Crippen molar-refractivity contribution in [1.29, 1.82) is 0 Å². The zero-order chi connectivity index (χ0) is 20.8. The monoisotopic (exact) mass is 420 g/mol. The smallest absolute Gasteiger partial charge is 0.282 e. The maximum Gasteiger partial charge on any atom is 0.455 e. The molecule has 0 aromatic heterocycles. The summed E-state index contributed by atoms with van der Waals surface area (Å²) in [6.45, 7) is -2.15. The van der Waals surface area contributed by atoms with Gasteiger partial charge < -0.3 is 0 Å². The van der Waals surface area contributed by atoms with Gasteiger partial charge in [0, 0.05) is 0 Å². The number of thiocarbonyl (C=S) groups is 1. The Bertz CT molecular complexity index is 773. The minimum atomic E-state index is -5.97. The molecule has 148 valence electrons. The number of halogens is 8. The van der Waals surface area contributed by atoms with E-state index in [0.29, 0.717) is 17.0 Å². The van der Waals surface area contributed by atoms with Crippen LogP contribution in [0.1, 0.15) is 12.0 Å². The molecule has 1 aromatic rings. The van der Waals surface area contributed by atoms with Crippen LogP contribution in [-0.4, -0.2) is 40.5 Å². The number of benzene rings is 1. The Labute approximate surface area is 151 Å². The van der Waals surface area contributed by atoms with Gasteiger partial charge in [-0.3, -0.25) is 19.4 Å². The molecule has 1 aliphatic heterocycles. The molecule has 0 spiro atoms. The molecule has 1 fully saturated rings. The van der Waals surface area contributed by atoms with E-state index in [0.717, 1.165) is 12.1 Å². The third-order valence-corrected chi connectivity index (χ3v) is 3.90. The second-order valence-corrected chi connectivity index (χ2v) is 5.78. The standard InChI is InChI=1S/C14H8F8N2O2S/c15-12(16,14(20,21)22)6-23-9(25)5-10(26)24(11(23)27)8-3-1-7(2-4-8)13(17,18)19/h1-4H,5-6H2. The van der Waals surface area contributed by atoms with Gasteiger partial charge in [0.1, 0.15) is 13.0 Å². The maximum atomic E-state index is 13.3. The average Bonchev–Trinajstić information content (AvgIpc) is 2.50. The highest BCUT2D eigenvalue weighted by atomic mass is 32.1. The highest BCUT2D eigenvalue weighted by molar-refractivity contribution is 7.80. The SMILES string of the molecule is O=C1CC(=O)N(c2ccc(C(F)(F)F)cc2)C(=S)N1CC(F)(F)C(F)(F)F. The van der Waals surface area contributed by atoms with Crippen molar-refractivity contribution in [2.75, 3.05) is 11.4 Å². The quantitative estimate of drug-likeness (QED) is 0.425. The van der Waals surface area contributed by atoms with Gasteiger partial charge in [0.2, 0.25) is 11.8 Å². The Kier molecular flexibility index (Phi) is 5.20. The van der Waals surface area contributed by atoms with Crippen LogP contribution in [0.3, 0.4) is 0 Å². The van der Waals surface area contributed by atoms with Crippen molar-refractivity contribution < 1.29 is 44.7 Å². The fourth-order valence-electron chi connectivity index (χ4n) is 2.14. The molecule has 4 nitrogen and oxygen atoms in total. The topological polar surface area (TPSA) is 40.6 Å². The largest absolute Gasteiger partial charge is 0.455 e. The van der Waals surface area contributed by atoms with Crippen LogP contribution in [0, 0.1) is 0 Å². The molecule has 1 aliphatic rings. The zero-order valence-electron chi connectivity index (χ0n) is 12.9. The highest BCUT2D eigenvalue weighted by Crippen LogP contribution is 2.37. The zero-order valence-corrected chi connectivity index (χ0v) is 13.7. The lowest BCUT2D eigenvalue weighted by Crippen LogP contribution is -2.59. The second-order valence-electron chi connectivity index (χ2n) is 5.42. The number of rotatable bonds is 3. The molecule has 2 rings (SSSR count). The number of hydrogen-bond donors (Lipinski definition) is 0. The Morgan fingerprint density at radius 3 is 1.85 bits per heavy atom. The Hall–Kier alpha value is -2.31. The molecule has 27 heavy (non-hydrogen) atoms. The third kappa shape index (κ3) is 4.17. The van der Waals surface area contributed by atoms with E-state index in [2.05, 4.69) is 12.2 Å². The summed E-state index contributed by atoms with van der Waals surface area (Å²) in [5.41, 5.74) is -1.40. The summed E-state index contributed by atoms with van der Waals surface area (Å²) in [7, 11) is 0. The summed E-state index contributed by atoms with van der Waals surface area (Å²) in [6, 6.07) is 2.69. The molecule has 13 heteroatoms. The summed E-state index contributed by atoms with van der Waals surface area (Å²) in [4.78, 5) is 24.0. The first-order valence-electron chi connectivity index (χ1n) is 6.94. The normalized spacial score (nSPS) is 17.0. The predicted octanol–water partition coefficient (Wildman–Crippen LogP) is 3.75. The molecule has 1 heterocycles. The molecular formula is C14H8F8N2O2S. The average molecular weight is 420 g/mol. The summed E-state index contributed by atoms with van der Waals surface area (Å²) in [5, 5.41) is -0.986. The van der Waals surface area contributed by atoms with Gasteiger partial charge in [0.05, 0.1) is 11.3 Å². The van der Waals surface area contributed by atoms with E-state index in [1.807, 2.05) is 0 Å². The lowest BCUT2D eigenvalue weighted by atomic mass is 10.1. The van der Waals surface area contributed by atoms with E-state index in [1.54, 1.807) is 0 Å². The Morgan fingerprint density at radius 1 is 0.889 bits per heavy atom. The minimum absolute atomic E-state index is 0.0953. The molecule has 1 saturated heterocycles. The van der Waals surface area contributed by atoms with Crippen molar-refractivity contribution >= 4 is 34.8 Å². The summed E-state index contributed by atoms with van der Waals surface area (Å²) >= 11 is 4.67. The summed E-state index contributed by atoms with van der Waals surface area (Å²) in [6.07, 6.45) is -11.7. The van der Waals surface area contributed by atoms with E-state index in [1.165, 1.54) is 0 Å². The number of carbonyl (C=O) groups excluding carboxylic acids is 2. The number of alkyl halides is 8. The fraction of sp³-hybridized carbons (Fsp3) is 0.357. The lowest BCUT2D eigenvalue weighted by Gasteiger charge is -2.37. The third-order valence-electron chi connectivity index (χ3n) is 3.50. The van der Waals surface area contributed by atoms with Crippen molar-refractivity contribution in [3.63, 3.8) is 0 Å². The van der Waals surface area contributed by atoms with Crippen LogP contribution in [0.25, 0.3) is 0 Å². The van der Waals surface area contributed by atoms with Crippen molar-refractivity contribution in [1.82, 2.24) is 4.90 Å². The van der Waals surface area contributed by atoms with Crippen LogP contribution >= 0.6 is 12.2 Å². The van der Waals surface area contributed by atoms with Crippen LogP contribution in [-0.2, 0) is 15.8 Å². The van der Waals surface area contributed by atoms with E-state index in [9.17, 15) is 44.7 Å². The summed E-state index contributed by atoms with van der Waals surface area (Å²) in [5.74, 6) is -7.76. The number of amides is 2. The molecule has 1 aromatic carbocycles. The number of hydrogen-bond acceptors (Lipinski definition) is 3. The number of nitrogens with zero attached hydrogens (tertiary/aromatic N) is 2. The minimum Gasteiger partial charge on any atom is -0.282 e. The van der Waals surface area contributed by atoms with E-state index >= 15 is 0 Å². The van der Waals surface area contributed by atoms with Crippen LogP contribution in [0.15, 0.2) is 24.3 Å². The van der Waals surface area contributed by atoms with Crippen LogP contribution < -0.4 is 4.90 Å². The maximum absolute atomic E-state index is 13.3. The van der Waals surface area contributed by atoms with Gasteiger partial charge in [0.15, 0.2) is 5.11 Å². The molecule has 0 N–H and O–H groups in total. The van der Waals surface area contributed by atoms with Gasteiger partial charge in [-0.05, 0) is 36.5 Å². The van der Waals surface area contributed by atoms with E-state index in [-0.39, 0.29) is 10.6 Å². The molecule has 0 radical (unpaired) electrons. The Balaban J connectivity index is 2.34. The van der Waals surface area contributed by atoms with Gasteiger partial charge in [0.25, 0.3) is 0 Å². The van der Waals surface area contributed by atoms with Crippen molar-refractivity contribution in [3.05, 3.63) is 29.8 Å². The summed E-state index contributed by atoms with van der Waals surface area (Å²) < 4.78 is 101. The van der Waals surface area contributed by atoms with Gasteiger partial charge >= 0.3 is 18.3 Å². The molecule has 2 amide bonds. The number of anilines is 1. The van der Waals surface area contributed by atoms with E-state index in [4.69, 9.17) is 0 Å². The van der Waals surface area contributed by atoms with Crippen LogP contribution in [0.4, 0.5) is 40.8 Å². The van der Waals surface area contributed by atoms with Gasteiger partial charge in [-0.25, -0.2) is 0 Å². The van der Waals surface area contributed by atoms with Gasteiger partial charge in [-0.1, -0.05) is 0 Å².